The Bertz CT molecular complexity index is 718. The summed E-state index contributed by atoms with van der Waals surface area (Å²) < 4.78 is 12.6. The standard InChI is InChI=1S/C24H35NO3/c1-6-25-16(5)21-22(18-9-7-8-10-19(18)25)23(26)28-24(21)27-20-13-15(4)11-12-17(20)14(2)3/h7-10,14-17,20-22,24H,6,11-13H2,1-5H3/t15-,16+,17+,20-,21-,22+,24-/m1/s1. The Morgan fingerprint density at radius 1 is 1.21 bits per heavy atom. The lowest BCUT2D eigenvalue weighted by Gasteiger charge is -2.44. The number of hydrogen-bond donors (Lipinski definition) is 0. The van der Waals surface area contributed by atoms with E-state index in [9.17, 15) is 4.79 Å². The molecule has 0 radical (unpaired) electrons. The molecule has 0 spiro atoms. The zero-order chi connectivity index (χ0) is 20.0. The maximum absolute atomic E-state index is 12.9. The van der Waals surface area contributed by atoms with E-state index < -0.39 is 6.29 Å². The summed E-state index contributed by atoms with van der Waals surface area (Å²) in [5.41, 5.74) is 2.27. The third kappa shape index (κ3) is 3.24. The van der Waals surface area contributed by atoms with Crippen molar-refractivity contribution in [3.63, 3.8) is 0 Å². The Balaban J connectivity index is 1.63. The molecule has 2 heterocycles. The molecule has 4 nitrogen and oxygen atoms in total. The van der Waals surface area contributed by atoms with Crippen molar-refractivity contribution in [2.24, 2.45) is 23.7 Å². The summed E-state index contributed by atoms with van der Waals surface area (Å²) in [5, 5.41) is 0. The first-order valence-corrected chi connectivity index (χ1v) is 11.1. The van der Waals surface area contributed by atoms with Crippen LogP contribution in [-0.4, -0.2) is 30.9 Å². The van der Waals surface area contributed by atoms with E-state index in [-0.39, 0.29) is 30.0 Å². The van der Waals surface area contributed by atoms with Gasteiger partial charge in [0.1, 0.15) is 0 Å². The van der Waals surface area contributed by atoms with E-state index in [2.05, 4.69) is 57.7 Å². The molecule has 2 fully saturated rings. The summed E-state index contributed by atoms with van der Waals surface area (Å²) in [6.45, 7) is 12.2. The molecule has 154 valence electrons. The quantitative estimate of drug-likeness (QED) is 0.686. The van der Waals surface area contributed by atoms with Gasteiger partial charge in [-0.3, -0.25) is 4.79 Å². The van der Waals surface area contributed by atoms with Crippen LogP contribution >= 0.6 is 0 Å². The van der Waals surface area contributed by atoms with E-state index in [4.69, 9.17) is 9.47 Å². The molecule has 28 heavy (non-hydrogen) atoms. The van der Waals surface area contributed by atoms with Gasteiger partial charge in [0.25, 0.3) is 0 Å². The fraction of sp³-hybridized carbons (Fsp3) is 0.708. The van der Waals surface area contributed by atoms with Crippen molar-refractivity contribution in [1.29, 1.82) is 0 Å². The number of hydrogen-bond acceptors (Lipinski definition) is 4. The number of cyclic esters (lactones) is 1. The Kier molecular flexibility index (Phi) is 5.43. The number of carbonyl (C=O) groups excluding carboxylic acids is 1. The van der Waals surface area contributed by atoms with E-state index in [0.29, 0.717) is 17.8 Å². The smallest absolute Gasteiger partial charge is 0.316 e. The van der Waals surface area contributed by atoms with Gasteiger partial charge in [-0.15, -0.1) is 0 Å². The average molecular weight is 386 g/mol. The van der Waals surface area contributed by atoms with Gasteiger partial charge in [-0.2, -0.15) is 0 Å². The molecular formula is C24H35NO3. The maximum Gasteiger partial charge on any atom is 0.316 e. The van der Waals surface area contributed by atoms with Gasteiger partial charge < -0.3 is 14.4 Å². The molecule has 0 unspecified atom stereocenters. The molecule has 0 bridgehead atoms. The minimum absolute atomic E-state index is 0.0485. The Labute approximate surface area is 169 Å². The topological polar surface area (TPSA) is 38.8 Å². The highest BCUT2D eigenvalue weighted by Gasteiger charge is 2.54. The Morgan fingerprint density at radius 2 is 1.96 bits per heavy atom. The lowest BCUT2D eigenvalue weighted by molar-refractivity contribution is -0.197. The first kappa shape index (κ1) is 19.8. The van der Waals surface area contributed by atoms with Gasteiger partial charge >= 0.3 is 5.97 Å². The average Bonchev–Trinajstić information content (AvgIpc) is 2.98. The SMILES string of the molecule is CCN1c2ccccc2[C@@H]2C(=O)O[C@@H](O[C@@H]3C[C@H](C)CC[C@H]3C(C)C)[C@@H]2[C@@H]1C. The third-order valence-corrected chi connectivity index (χ3v) is 7.43. The van der Waals surface area contributed by atoms with Crippen LogP contribution in [0.3, 0.4) is 0 Å². The molecule has 1 saturated carbocycles. The number of esters is 1. The van der Waals surface area contributed by atoms with E-state index in [1.165, 1.54) is 18.5 Å². The molecule has 0 aromatic heterocycles. The summed E-state index contributed by atoms with van der Waals surface area (Å²) in [7, 11) is 0. The van der Waals surface area contributed by atoms with Crippen LogP contribution in [0, 0.1) is 23.7 Å². The molecule has 7 atom stereocenters. The number of para-hydroxylation sites is 1. The molecule has 4 heteroatoms. The fourth-order valence-corrected chi connectivity index (χ4v) is 5.88. The number of rotatable bonds is 4. The van der Waals surface area contributed by atoms with Crippen LogP contribution in [0.15, 0.2) is 24.3 Å². The van der Waals surface area contributed by atoms with Gasteiger partial charge in [-0.05, 0) is 56.1 Å². The van der Waals surface area contributed by atoms with Crippen LogP contribution in [0.25, 0.3) is 0 Å². The predicted molar refractivity (Wildman–Crippen MR) is 111 cm³/mol. The molecular weight excluding hydrogens is 350 g/mol. The molecule has 4 rings (SSSR count). The number of fused-ring (bicyclic) bond motifs is 3. The van der Waals surface area contributed by atoms with E-state index >= 15 is 0 Å². The maximum atomic E-state index is 12.9. The third-order valence-electron chi connectivity index (χ3n) is 7.43. The summed E-state index contributed by atoms with van der Waals surface area (Å²) in [6, 6.07) is 8.51. The number of carbonyl (C=O) groups is 1. The van der Waals surface area contributed by atoms with E-state index in [1.807, 2.05) is 6.07 Å². The summed E-state index contributed by atoms with van der Waals surface area (Å²) in [4.78, 5) is 15.3. The molecule has 0 N–H and O–H groups in total. The van der Waals surface area contributed by atoms with Crippen LogP contribution in [0.4, 0.5) is 5.69 Å². The van der Waals surface area contributed by atoms with Crippen molar-refractivity contribution in [2.45, 2.75) is 78.2 Å². The van der Waals surface area contributed by atoms with Crippen molar-refractivity contribution < 1.29 is 14.3 Å². The largest absolute Gasteiger partial charge is 0.435 e. The molecule has 1 aromatic rings. The van der Waals surface area contributed by atoms with Crippen LogP contribution < -0.4 is 4.90 Å². The highest BCUT2D eigenvalue weighted by molar-refractivity contribution is 5.85. The monoisotopic (exact) mass is 385 g/mol. The van der Waals surface area contributed by atoms with Crippen molar-refractivity contribution in [3.05, 3.63) is 29.8 Å². The lowest BCUT2D eigenvalue weighted by Crippen LogP contribution is -2.49. The minimum Gasteiger partial charge on any atom is -0.435 e. The molecule has 1 aliphatic carbocycles. The van der Waals surface area contributed by atoms with Gasteiger partial charge in [0.15, 0.2) is 0 Å². The zero-order valence-corrected chi connectivity index (χ0v) is 17.9. The normalized spacial score (nSPS) is 37.6. The highest BCUT2D eigenvalue weighted by Crippen LogP contribution is 2.49. The van der Waals surface area contributed by atoms with Gasteiger partial charge in [0, 0.05) is 18.3 Å². The van der Waals surface area contributed by atoms with Gasteiger partial charge in [-0.25, -0.2) is 0 Å². The van der Waals surface area contributed by atoms with Gasteiger partial charge in [-0.1, -0.05) is 45.4 Å². The second-order valence-corrected chi connectivity index (χ2v) is 9.45. The fourth-order valence-electron chi connectivity index (χ4n) is 5.88. The van der Waals surface area contributed by atoms with Crippen LogP contribution in [0.1, 0.15) is 65.4 Å². The molecule has 1 saturated heterocycles. The highest BCUT2D eigenvalue weighted by atomic mass is 16.7. The van der Waals surface area contributed by atoms with E-state index in [0.717, 1.165) is 18.5 Å². The molecule has 1 aromatic carbocycles. The summed E-state index contributed by atoms with van der Waals surface area (Å²) in [6.07, 6.45) is 3.28. The molecule has 2 aliphatic heterocycles. The van der Waals surface area contributed by atoms with Crippen LogP contribution in [0.5, 0.6) is 0 Å². The van der Waals surface area contributed by atoms with Crippen molar-refractivity contribution >= 4 is 11.7 Å². The second-order valence-electron chi connectivity index (χ2n) is 9.45. The first-order chi connectivity index (χ1) is 13.4. The minimum atomic E-state index is -0.438. The number of anilines is 1. The number of nitrogens with zero attached hydrogens (tertiary/aromatic N) is 1. The predicted octanol–water partition coefficient (Wildman–Crippen LogP) is 4.98. The summed E-state index contributed by atoms with van der Waals surface area (Å²) >= 11 is 0. The molecule has 0 amide bonds. The summed E-state index contributed by atoms with van der Waals surface area (Å²) in [5.74, 6) is 1.52. The van der Waals surface area contributed by atoms with E-state index in [1.54, 1.807) is 0 Å². The van der Waals surface area contributed by atoms with Gasteiger partial charge in [0.05, 0.1) is 17.9 Å². The molecule has 3 aliphatic rings. The van der Waals surface area contributed by atoms with Crippen LogP contribution in [-0.2, 0) is 14.3 Å². The van der Waals surface area contributed by atoms with Crippen LogP contribution in [0.2, 0.25) is 0 Å². The Morgan fingerprint density at radius 3 is 2.68 bits per heavy atom. The Hall–Kier alpha value is -1.55. The lowest BCUT2D eigenvalue weighted by atomic mass is 9.75. The van der Waals surface area contributed by atoms with Crippen molar-refractivity contribution in [2.75, 3.05) is 11.4 Å². The van der Waals surface area contributed by atoms with Crippen molar-refractivity contribution in [3.8, 4) is 0 Å². The second kappa shape index (κ2) is 7.70. The number of ether oxygens (including phenoxy) is 2. The van der Waals surface area contributed by atoms with Gasteiger partial charge in [0.2, 0.25) is 6.29 Å². The number of benzene rings is 1. The first-order valence-electron chi connectivity index (χ1n) is 11.1. The zero-order valence-electron chi connectivity index (χ0n) is 17.9. The van der Waals surface area contributed by atoms with Crippen molar-refractivity contribution in [1.82, 2.24) is 0 Å².